The zero-order chi connectivity index (χ0) is 8.85. The maximum atomic E-state index is 12.6. The van der Waals surface area contributed by atoms with Crippen LogP contribution in [-0.4, -0.2) is 18.2 Å². The number of hydrogen-bond acceptors (Lipinski definition) is 2. The fraction of sp³-hybridized carbons (Fsp3) is 0.375. The maximum absolute atomic E-state index is 12.6. The highest BCUT2D eigenvalue weighted by molar-refractivity contribution is 5.81. The van der Waals surface area contributed by atoms with Gasteiger partial charge in [-0.25, -0.2) is 9.18 Å². The van der Waals surface area contributed by atoms with Gasteiger partial charge in [0.25, 0.3) is 0 Å². The lowest BCUT2D eigenvalue weighted by Crippen LogP contribution is -2.22. The van der Waals surface area contributed by atoms with Crippen LogP contribution in [0.1, 0.15) is 6.92 Å². The lowest BCUT2D eigenvalue weighted by molar-refractivity contribution is -0.144. The van der Waals surface area contributed by atoms with Gasteiger partial charge in [0.15, 0.2) is 6.17 Å². The Kier molecular flexibility index (Phi) is 4.18. The first-order valence-corrected chi connectivity index (χ1v) is 3.21. The summed E-state index contributed by atoms with van der Waals surface area (Å²) >= 11 is 0. The Morgan fingerprint density at radius 1 is 1.64 bits per heavy atom. The van der Waals surface area contributed by atoms with Crippen LogP contribution in [0.25, 0.3) is 0 Å². The Labute approximate surface area is 65.4 Å². The zero-order valence-corrected chi connectivity index (χ0v) is 6.42. The van der Waals surface area contributed by atoms with Crippen molar-refractivity contribution in [3.8, 4) is 0 Å². The van der Waals surface area contributed by atoms with Crippen LogP contribution in [0.15, 0.2) is 25.3 Å². The third kappa shape index (κ3) is 3.55. The zero-order valence-electron chi connectivity index (χ0n) is 6.42. The van der Waals surface area contributed by atoms with Crippen LogP contribution in [0.2, 0.25) is 0 Å². The van der Waals surface area contributed by atoms with Gasteiger partial charge in [-0.15, -0.1) is 6.58 Å². The Balaban J connectivity index is 3.85. The molecule has 0 fully saturated rings. The molecule has 2 unspecified atom stereocenters. The van der Waals surface area contributed by atoms with Gasteiger partial charge in [0.1, 0.15) is 6.10 Å². The molecule has 0 rings (SSSR count). The minimum absolute atomic E-state index is 0.623. The highest BCUT2D eigenvalue weighted by Crippen LogP contribution is 2.04. The molecule has 0 aliphatic carbocycles. The lowest BCUT2D eigenvalue weighted by Gasteiger charge is -2.12. The number of carbonyl (C=O) groups is 1. The predicted molar refractivity (Wildman–Crippen MR) is 40.8 cm³/mol. The molecule has 0 aromatic rings. The first kappa shape index (κ1) is 9.88. The Morgan fingerprint density at radius 2 is 2.18 bits per heavy atom. The minimum atomic E-state index is -1.32. The molecule has 0 amide bonds. The van der Waals surface area contributed by atoms with Gasteiger partial charge < -0.3 is 4.74 Å². The molecule has 0 N–H and O–H groups in total. The second-order valence-corrected chi connectivity index (χ2v) is 2.03. The van der Waals surface area contributed by atoms with E-state index in [-0.39, 0.29) is 0 Å². The molecule has 0 spiro atoms. The van der Waals surface area contributed by atoms with Crippen molar-refractivity contribution in [3.63, 3.8) is 0 Å². The summed E-state index contributed by atoms with van der Waals surface area (Å²) in [6, 6.07) is 0. The van der Waals surface area contributed by atoms with Crippen molar-refractivity contribution in [1.82, 2.24) is 0 Å². The van der Waals surface area contributed by atoms with Crippen molar-refractivity contribution in [3.05, 3.63) is 25.3 Å². The van der Waals surface area contributed by atoms with E-state index < -0.39 is 18.2 Å². The predicted octanol–water partition coefficient (Wildman–Crippen LogP) is 1.63. The lowest BCUT2D eigenvalue weighted by atomic mass is 10.2. The van der Waals surface area contributed by atoms with Crippen molar-refractivity contribution in [2.75, 3.05) is 0 Å². The molecule has 0 radical (unpaired) electrons. The average Bonchev–Trinajstić information content (AvgIpc) is 2.02. The van der Waals surface area contributed by atoms with Crippen LogP contribution in [-0.2, 0) is 9.53 Å². The van der Waals surface area contributed by atoms with Gasteiger partial charge in [0, 0.05) is 6.08 Å². The largest absolute Gasteiger partial charge is 0.456 e. The molecular formula is C8H11FO2. The molecule has 0 heterocycles. The number of halogens is 1. The maximum Gasteiger partial charge on any atom is 0.330 e. The number of alkyl halides is 1. The fourth-order valence-electron chi connectivity index (χ4n) is 0.488. The third-order valence-electron chi connectivity index (χ3n) is 1.14. The monoisotopic (exact) mass is 158 g/mol. The van der Waals surface area contributed by atoms with Gasteiger partial charge in [0.2, 0.25) is 0 Å². The van der Waals surface area contributed by atoms with Crippen LogP contribution in [0.5, 0.6) is 0 Å². The summed E-state index contributed by atoms with van der Waals surface area (Å²) in [4.78, 5) is 10.5. The molecule has 0 aromatic carbocycles. The molecule has 11 heavy (non-hydrogen) atoms. The molecule has 0 bridgehead atoms. The average molecular weight is 158 g/mol. The van der Waals surface area contributed by atoms with Crippen molar-refractivity contribution < 1.29 is 13.9 Å². The Morgan fingerprint density at radius 3 is 2.55 bits per heavy atom. The van der Waals surface area contributed by atoms with Crippen LogP contribution in [0.3, 0.4) is 0 Å². The molecule has 0 aromatic heterocycles. The first-order valence-electron chi connectivity index (χ1n) is 3.21. The normalized spacial score (nSPS) is 14.7. The van der Waals surface area contributed by atoms with Gasteiger partial charge in [-0.05, 0) is 6.92 Å². The third-order valence-corrected chi connectivity index (χ3v) is 1.14. The van der Waals surface area contributed by atoms with E-state index in [0.29, 0.717) is 0 Å². The van der Waals surface area contributed by atoms with E-state index in [1.165, 1.54) is 6.92 Å². The van der Waals surface area contributed by atoms with Crippen molar-refractivity contribution in [2.45, 2.75) is 19.2 Å². The molecule has 3 heteroatoms. The summed E-state index contributed by atoms with van der Waals surface area (Å²) in [6.07, 6.45) is -0.0373. The molecule has 62 valence electrons. The van der Waals surface area contributed by atoms with E-state index in [1.807, 2.05) is 0 Å². The minimum Gasteiger partial charge on any atom is -0.456 e. The van der Waals surface area contributed by atoms with Crippen molar-refractivity contribution >= 4 is 5.97 Å². The molecule has 0 saturated heterocycles. The highest BCUT2D eigenvalue weighted by Gasteiger charge is 2.15. The summed E-state index contributed by atoms with van der Waals surface area (Å²) in [5.41, 5.74) is 0. The molecule has 0 saturated carbocycles. The summed E-state index contributed by atoms with van der Waals surface area (Å²) in [5, 5.41) is 0. The van der Waals surface area contributed by atoms with Crippen molar-refractivity contribution in [1.29, 1.82) is 0 Å². The second-order valence-electron chi connectivity index (χ2n) is 2.03. The Bertz CT molecular complexity index is 165. The number of ether oxygens (including phenoxy) is 1. The van der Waals surface area contributed by atoms with Crippen LogP contribution < -0.4 is 0 Å². The standard InChI is InChI=1S/C8H11FO2/c1-4-7(9)6(3)11-8(10)5-2/h4-7H,1-2H2,3H3. The second kappa shape index (κ2) is 4.66. The number of rotatable bonds is 4. The van der Waals surface area contributed by atoms with Gasteiger partial charge in [-0.2, -0.15) is 0 Å². The molecule has 2 atom stereocenters. The van der Waals surface area contributed by atoms with E-state index in [4.69, 9.17) is 0 Å². The van der Waals surface area contributed by atoms with Crippen molar-refractivity contribution in [2.24, 2.45) is 0 Å². The number of carbonyl (C=O) groups excluding carboxylic acids is 1. The van der Waals surface area contributed by atoms with Gasteiger partial charge in [-0.3, -0.25) is 0 Å². The fourth-order valence-corrected chi connectivity index (χ4v) is 0.488. The summed E-state index contributed by atoms with van der Waals surface area (Å²) in [6.45, 7) is 7.85. The highest BCUT2D eigenvalue weighted by atomic mass is 19.1. The summed E-state index contributed by atoms with van der Waals surface area (Å²) < 4.78 is 17.1. The van der Waals surface area contributed by atoms with E-state index in [2.05, 4.69) is 17.9 Å². The van der Waals surface area contributed by atoms with E-state index in [9.17, 15) is 9.18 Å². The quantitative estimate of drug-likeness (QED) is 0.353. The van der Waals surface area contributed by atoms with E-state index in [1.54, 1.807) is 0 Å². The number of hydrogen-bond donors (Lipinski definition) is 0. The van der Waals surface area contributed by atoms with Crippen LogP contribution >= 0.6 is 0 Å². The van der Waals surface area contributed by atoms with Gasteiger partial charge in [-0.1, -0.05) is 12.7 Å². The smallest absolute Gasteiger partial charge is 0.330 e. The summed E-state index contributed by atoms with van der Waals surface area (Å²) in [5.74, 6) is -0.623. The van der Waals surface area contributed by atoms with E-state index >= 15 is 0 Å². The molecule has 2 nitrogen and oxygen atoms in total. The summed E-state index contributed by atoms with van der Waals surface area (Å²) in [7, 11) is 0. The van der Waals surface area contributed by atoms with Crippen LogP contribution in [0, 0.1) is 0 Å². The molecule has 0 aliphatic heterocycles. The first-order chi connectivity index (χ1) is 5.11. The van der Waals surface area contributed by atoms with E-state index in [0.717, 1.165) is 12.2 Å². The SMILES string of the molecule is C=CC(=O)OC(C)C(F)C=C. The topological polar surface area (TPSA) is 26.3 Å². The molecule has 0 aliphatic rings. The molecular weight excluding hydrogens is 147 g/mol. The van der Waals surface area contributed by atoms with Crippen LogP contribution in [0.4, 0.5) is 4.39 Å². The van der Waals surface area contributed by atoms with Gasteiger partial charge in [0.05, 0.1) is 0 Å². The number of esters is 1. The Hall–Kier alpha value is -1.12. The van der Waals surface area contributed by atoms with Gasteiger partial charge >= 0.3 is 5.97 Å².